The summed E-state index contributed by atoms with van der Waals surface area (Å²) in [6.07, 6.45) is 0. The third kappa shape index (κ3) is 2.89. The molecule has 0 spiro atoms. The number of nitrogens with zero attached hydrogens (tertiary/aromatic N) is 2. The monoisotopic (exact) mass is 247 g/mol. The Kier molecular flexibility index (Phi) is 3.99. The number of carbonyl (C=O) groups excluding carboxylic acids is 1. The molecule has 2 rings (SSSR count). The average Bonchev–Trinajstić information content (AvgIpc) is 2.38. The minimum absolute atomic E-state index is 0.102. The molecule has 18 heavy (non-hydrogen) atoms. The van der Waals surface area contributed by atoms with E-state index < -0.39 is 0 Å². The zero-order chi connectivity index (χ0) is 13.1. The van der Waals surface area contributed by atoms with E-state index in [1.807, 2.05) is 45.3 Å². The van der Waals surface area contributed by atoms with Gasteiger partial charge in [-0.3, -0.25) is 4.79 Å². The van der Waals surface area contributed by atoms with Crippen LogP contribution in [-0.4, -0.2) is 50.6 Å². The third-order valence-electron chi connectivity index (χ3n) is 3.43. The molecule has 1 amide bonds. The highest BCUT2D eigenvalue weighted by Gasteiger charge is 2.26. The summed E-state index contributed by atoms with van der Waals surface area (Å²) in [5, 5.41) is 3.28. The van der Waals surface area contributed by atoms with Crippen LogP contribution < -0.4 is 10.2 Å². The van der Waals surface area contributed by atoms with Gasteiger partial charge in [-0.05, 0) is 26.1 Å². The van der Waals surface area contributed by atoms with Crippen LogP contribution in [0.5, 0.6) is 0 Å². The lowest BCUT2D eigenvalue weighted by molar-refractivity contribution is -0.121. The second kappa shape index (κ2) is 5.50. The molecule has 0 aromatic heterocycles. The standard InChI is InChI=1S/C14H21N3O/c1-11-4-6-12(7-5-11)17(3)14(18)13-10-16(2)9-8-15-13/h4-7,13,15H,8-10H2,1-3H3. The summed E-state index contributed by atoms with van der Waals surface area (Å²) < 4.78 is 0. The van der Waals surface area contributed by atoms with Gasteiger partial charge in [-0.1, -0.05) is 17.7 Å². The second-order valence-electron chi connectivity index (χ2n) is 5.00. The Morgan fingerprint density at radius 2 is 2.06 bits per heavy atom. The molecule has 1 unspecified atom stereocenters. The van der Waals surface area contributed by atoms with Gasteiger partial charge >= 0.3 is 0 Å². The molecular weight excluding hydrogens is 226 g/mol. The molecule has 1 aromatic rings. The van der Waals surface area contributed by atoms with E-state index >= 15 is 0 Å². The van der Waals surface area contributed by atoms with Crippen molar-refractivity contribution in [3.8, 4) is 0 Å². The van der Waals surface area contributed by atoms with E-state index in [2.05, 4.69) is 10.2 Å². The maximum absolute atomic E-state index is 12.4. The van der Waals surface area contributed by atoms with E-state index in [1.54, 1.807) is 4.90 Å². The fraction of sp³-hybridized carbons (Fsp3) is 0.500. The lowest BCUT2D eigenvalue weighted by Crippen LogP contribution is -2.56. The number of amides is 1. The summed E-state index contributed by atoms with van der Waals surface area (Å²) in [5.41, 5.74) is 2.15. The van der Waals surface area contributed by atoms with Crippen LogP contribution in [0.1, 0.15) is 5.56 Å². The van der Waals surface area contributed by atoms with Crippen LogP contribution in [0.15, 0.2) is 24.3 Å². The smallest absolute Gasteiger partial charge is 0.245 e. The first-order valence-corrected chi connectivity index (χ1v) is 6.34. The topological polar surface area (TPSA) is 35.6 Å². The van der Waals surface area contributed by atoms with Gasteiger partial charge in [-0.25, -0.2) is 0 Å². The van der Waals surface area contributed by atoms with Gasteiger partial charge in [0.25, 0.3) is 0 Å². The second-order valence-corrected chi connectivity index (χ2v) is 5.00. The van der Waals surface area contributed by atoms with Gasteiger partial charge in [0, 0.05) is 32.4 Å². The van der Waals surface area contributed by atoms with Crippen molar-refractivity contribution >= 4 is 11.6 Å². The molecule has 1 aliphatic heterocycles. The Hall–Kier alpha value is -1.39. The highest BCUT2D eigenvalue weighted by Crippen LogP contribution is 2.15. The number of hydrogen-bond donors (Lipinski definition) is 1. The molecule has 0 aliphatic carbocycles. The van der Waals surface area contributed by atoms with Gasteiger partial charge in [0.1, 0.15) is 6.04 Å². The zero-order valence-electron chi connectivity index (χ0n) is 11.3. The molecular formula is C14H21N3O. The Morgan fingerprint density at radius 3 is 2.67 bits per heavy atom. The maximum atomic E-state index is 12.4. The fourth-order valence-electron chi connectivity index (χ4n) is 2.19. The summed E-state index contributed by atoms with van der Waals surface area (Å²) in [7, 11) is 3.89. The van der Waals surface area contributed by atoms with Crippen molar-refractivity contribution < 1.29 is 4.79 Å². The fourth-order valence-corrected chi connectivity index (χ4v) is 2.19. The summed E-state index contributed by atoms with van der Waals surface area (Å²) in [6, 6.07) is 7.92. The number of anilines is 1. The molecule has 4 nitrogen and oxygen atoms in total. The van der Waals surface area contributed by atoms with E-state index in [0.717, 1.165) is 25.3 Å². The minimum atomic E-state index is -0.102. The zero-order valence-corrected chi connectivity index (χ0v) is 11.3. The van der Waals surface area contributed by atoms with Crippen molar-refractivity contribution in [2.75, 3.05) is 38.6 Å². The van der Waals surface area contributed by atoms with Crippen LogP contribution in [-0.2, 0) is 4.79 Å². The number of carbonyl (C=O) groups is 1. The van der Waals surface area contributed by atoms with E-state index in [9.17, 15) is 4.79 Å². The molecule has 1 N–H and O–H groups in total. The molecule has 4 heteroatoms. The number of aryl methyl sites for hydroxylation is 1. The van der Waals surface area contributed by atoms with Gasteiger partial charge < -0.3 is 15.1 Å². The van der Waals surface area contributed by atoms with Gasteiger partial charge in [0.05, 0.1) is 0 Å². The van der Waals surface area contributed by atoms with Crippen LogP contribution in [0.3, 0.4) is 0 Å². The van der Waals surface area contributed by atoms with Gasteiger partial charge in [0.15, 0.2) is 0 Å². The number of piperazine rings is 1. The molecule has 1 saturated heterocycles. The van der Waals surface area contributed by atoms with Gasteiger partial charge in [0.2, 0.25) is 5.91 Å². The van der Waals surface area contributed by atoms with E-state index in [0.29, 0.717) is 0 Å². The Bertz CT molecular complexity index is 416. The van der Waals surface area contributed by atoms with Gasteiger partial charge in [-0.2, -0.15) is 0 Å². The third-order valence-corrected chi connectivity index (χ3v) is 3.43. The molecule has 1 heterocycles. The highest BCUT2D eigenvalue weighted by atomic mass is 16.2. The number of rotatable bonds is 2. The Labute approximate surface area is 109 Å². The lowest BCUT2D eigenvalue weighted by atomic mass is 10.1. The molecule has 0 bridgehead atoms. The molecule has 0 radical (unpaired) electrons. The van der Waals surface area contributed by atoms with Gasteiger partial charge in [-0.15, -0.1) is 0 Å². The van der Waals surface area contributed by atoms with Crippen LogP contribution >= 0.6 is 0 Å². The molecule has 98 valence electrons. The van der Waals surface area contributed by atoms with Crippen molar-refractivity contribution in [1.82, 2.24) is 10.2 Å². The van der Waals surface area contributed by atoms with E-state index in [1.165, 1.54) is 5.56 Å². The number of benzene rings is 1. The molecule has 1 aromatic carbocycles. The molecule has 1 atom stereocenters. The molecule has 1 fully saturated rings. The first-order chi connectivity index (χ1) is 8.58. The summed E-state index contributed by atoms with van der Waals surface area (Å²) >= 11 is 0. The lowest BCUT2D eigenvalue weighted by Gasteiger charge is -2.32. The normalized spacial score (nSPS) is 20.7. The summed E-state index contributed by atoms with van der Waals surface area (Å²) in [4.78, 5) is 16.3. The van der Waals surface area contributed by atoms with Crippen LogP contribution in [0, 0.1) is 6.92 Å². The summed E-state index contributed by atoms with van der Waals surface area (Å²) in [5.74, 6) is 0.130. The van der Waals surface area contributed by atoms with E-state index in [4.69, 9.17) is 0 Å². The maximum Gasteiger partial charge on any atom is 0.245 e. The van der Waals surface area contributed by atoms with Crippen LogP contribution in [0.4, 0.5) is 5.69 Å². The number of likely N-dealkylation sites (N-methyl/N-ethyl adjacent to an activating group) is 2. The Balaban J connectivity index is 2.06. The van der Waals surface area contributed by atoms with Crippen molar-refractivity contribution in [3.05, 3.63) is 29.8 Å². The SMILES string of the molecule is Cc1ccc(N(C)C(=O)C2CN(C)CCN2)cc1. The molecule has 1 aliphatic rings. The Morgan fingerprint density at radius 1 is 1.39 bits per heavy atom. The quantitative estimate of drug-likeness (QED) is 0.842. The van der Waals surface area contributed by atoms with Crippen molar-refractivity contribution in [3.63, 3.8) is 0 Å². The molecule has 0 saturated carbocycles. The first kappa shape index (κ1) is 13.1. The minimum Gasteiger partial charge on any atom is -0.314 e. The van der Waals surface area contributed by atoms with Crippen LogP contribution in [0.25, 0.3) is 0 Å². The largest absolute Gasteiger partial charge is 0.314 e. The first-order valence-electron chi connectivity index (χ1n) is 6.34. The highest BCUT2D eigenvalue weighted by molar-refractivity contribution is 5.96. The van der Waals surface area contributed by atoms with E-state index in [-0.39, 0.29) is 11.9 Å². The van der Waals surface area contributed by atoms with Crippen molar-refractivity contribution in [2.45, 2.75) is 13.0 Å². The predicted molar refractivity (Wildman–Crippen MR) is 73.9 cm³/mol. The average molecular weight is 247 g/mol. The number of nitrogens with one attached hydrogen (secondary N) is 1. The van der Waals surface area contributed by atoms with Crippen molar-refractivity contribution in [1.29, 1.82) is 0 Å². The number of hydrogen-bond acceptors (Lipinski definition) is 3. The predicted octanol–water partition coefficient (Wildman–Crippen LogP) is 0.861. The summed E-state index contributed by atoms with van der Waals surface area (Å²) in [6.45, 7) is 4.69. The van der Waals surface area contributed by atoms with Crippen LogP contribution in [0.2, 0.25) is 0 Å². The van der Waals surface area contributed by atoms with Crippen molar-refractivity contribution in [2.24, 2.45) is 0 Å².